The number of ether oxygens (including phenoxy) is 1. The minimum Gasteiger partial charge on any atom is -0.494 e. The highest BCUT2D eigenvalue weighted by Crippen LogP contribution is 2.25. The van der Waals surface area contributed by atoms with Gasteiger partial charge in [-0.25, -0.2) is 17.5 Å². The van der Waals surface area contributed by atoms with Gasteiger partial charge in [-0.05, 0) is 58.7 Å². The number of halogens is 2. The molecule has 0 radical (unpaired) electrons. The maximum absolute atomic E-state index is 12.7. The van der Waals surface area contributed by atoms with Crippen molar-refractivity contribution >= 4 is 37.3 Å². The molecule has 0 fully saturated rings. The van der Waals surface area contributed by atoms with Crippen LogP contribution in [0.25, 0.3) is 0 Å². The van der Waals surface area contributed by atoms with Gasteiger partial charge in [0, 0.05) is 6.54 Å². The van der Waals surface area contributed by atoms with Crippen LogP contribution in [0.3, 0.4) is 0 Å². The second kappa shape index (κ2) is 7.35. The molecule has 1 heterocycles. The van der Waals surface area contributed by atoms with Gasteiger partial charge in [-0.3, -0.25) is 0 Å². The molecule has 21 heavy (non-hydrogen) atoms. The van der Waals surface area contributed by atoms with Gasteiger partial charge in [0.2, 0.25) is 10.0 Å². The van der Waals surface area contributed by atoms with Crippen LogP contribution in [0.15, 0.2) is 44.4 Å². The molecule has 0 spiro atoms. The average molecular weight is 394 g/mol. The summed E-state index contributed by atoms with van der Waals surface area (Å²) in [5.41, 5.74) is 0. The smallest absolute Gasteiger partial charge is 0.250 e. The zero-order valence-corrected chi connectivity index (χ0v) is 14.1. The van der Waals surface area contributed by atoms with E-state index in [0.29, 0.717) is 18.8 Å². The van der Waals surface area contributed by atoms with E-state index in [0.717, 1.165) is 15.1 Å². The normalized spacial score (nSPS) is 11.5. The SMILES string of the molecule is O=S(=O)(NCCCOc1ccc(F)cc1)c1ccc(Br)s1. The third-order valence-electron chi connectivity index (χ3n) is 2.51. The van der Waals surface area contributed by atoms with Crippen molar-refractivity contribution in [2.75, 3.05) is 13.2 Å². The summed E-state index contributed by atoms with van der Waals surface area (Å²) < 4.78 is 45.4. The van der Waals surface area contributed by atoms with Crippen molar-refractivity contribution in [3.8, 4) is 5.75 Å². The fourth-order valence-corrected chi connectivity index (χ4v) is 4.64. The fraction of sp³-hybridized carbons (Fsp3) is 0.231. The molecule has 2 rings (SSSR count). The van der Waals surface area contributed by atoms with Crippen molar-refractivity contribution in [3.05, 3.63) is 46.0 Å². The third kappa shape index (κ3) is 5.06. The second-order valence-corrected chi connectivity index (χ2v) is 8.57. The number of rotatable bonds is 7. The molecule has 8 heteroatoms. The highest BCUT2D eigenvalue weighted by atomic mass is 79.9. The van der Waals surface area contributed by atoms with Crippen LogP contribution < -0.4 is 9.46 Å². The van der Waals surface area contributed by atoms with Crippen LogP contribution in [-0.4, -0.2) is 21.6 Å². The maximum atomic E-state index is 12.7. The number of sulfonamides is 1. The Morgan fingerprint density at radius 3 is 2.52 bits per heavy atom. The molecular formula is C13H13BrFNO3S2. The number of thiophene rings is 1. The van der Waals surface area contributed by atoms with E-state index in [9.17, 15) is 12.8 Å². The molecule has 0 amide bonds. The van der Waals surface area contributed by atoms with Gasteiger partial charge in [-0.1, -0.05) is 0 Å². The lowest BCUT2D eigenvalue weighted by Gasteiger charge is -2.07. The minimum absolute atomic E-state index is 0.272. The summed E-state index contributed by atoms with van der Waals surface area (Å²) in [5, 5.41) is 0. The Balaban J connectivity index is 1.73. The lowest BCUT2D eigenvalue weighted by molar-refractivity contribution is 0.311. The topological polar surface area (TPSA) is 55.4 Å². The number of hydrogen-bond acceptors (Lipinski definition) is 4. The van der Waals surface area contributed by atoms with Gasteiger partial charge in [0.1, 0.15) is 15.8 Å². The lowest BCUT2D eigenvalue weighted by atomic mass is 10.3. The zero-order valence-electron chi connectivity index (χ0n) is 10.9. The second-order valence-electron chi connectivity index (χ2n) is 4.11. The molecule has 1 N–H and O–H groups in total. The molecule has 0 aliphatic heterocycles. The Morgan fingerprint density at radius 1 is 1.19 bits per heavy atom. The van der Waals surface area contributed by atoms with E-state index >= 15 is 0 Å². The van der Waals surface area contributed by atoms with Gasteiger partial charge in [-0.15, -0.1) is 11.3 Å². The van der Waals surface area contributed by atoms with Crippen LogP contribution in [0.4, 0.5) is 4.39 Å². The molecule has 1 aromatic carbocycles. The number of nitrogens with one attached hydrogen (secondary N) is 1. The molecule has 2 aromatic rings. The minimum atomic E-state index is -3.46. The maximum Gasteiger partial charge on any atom is 0.250 e. The summed E-state index contributed by atoms with van der Waals surface area (Å²) in [6.45, 7) is 0.626. The quantitative estimate of drug-likeness (QED) is 0.733. The summed E-state index contributed by atoms with van der Waals surface area (Å²) in [6.07, 6.45) is 0.517. The Labute approximate surface area is 135 Å². The van der Waals surface area contributed by atoms with Crippen molar-refractivity contribution in [1.29, 1.82) is 0 Å². The summed E-state index contributed by atoms with van der Waals surface area (Å²) >= 11 is 4.38. The molecule has 1 aromatic heterocycles. The van der Waals surface area contributed by atoms with Crippen LogP contribution in [0.1, 0.15) is 6.42 Å². The summed E-state index contributed by atoms with van der Waals surface area (Å²) in [7, 11) is -3.46. The van der Waals surface area contributed by atoms with Gasteiger partial charge in [-0.2, -0.15) is 0 Å². The summed E-state index contributed by atoms with van der Waals surface area (Å²) in [5.74, 6) is 0.235. The standard InChI is InChI=1S/C13H13BrFNO3S2/c14-12-6-7-13(20-12)21(17,18)16-8-1-9-19-11-4-2-10(15)3-5-11/h2-7,16H,1,8-9H2. The van der Waals surface area contributed by atoms with E-state index < -0.39 is 10.0 Å². The van der Waals surface area contributed by atoms with Gasteiger partial charge >= 0.3 is 0 Å². The van der Waals surface area contributed by atoms with E-state index in [1.165, 1.54) is 24.3 Å². The Bertz CT molecular complexity index is 686. The van der Waals surface area contributed by atoms with E-state index in [1.807, 2.05) is 0 Å². The molecule has 0 saturated carbocycles. The van der Waals surface area contributed by atoms with E-state index in [-0.39, 0.29) is 16.6 Å². The Morgan fingerprint density at radius 2 is 1.90 bits per heavy atom. The molecule has 0 unspecified atom stereocenters. The molecule has 0 saturated heterocycles. The van der Waals surface area contributed by atoms with Gasteiger partial charge in [0.15, 0.2) is 0 Å². The van der Waals surface area contributed by atoms with Crippen LogP contribution in [0.5, 0.6) is 5.75 Å². The molecule has 4 nitrogen and oxygen atoms in total. The van der Waals surface area contributed by atoms with Crippen molar-refractivity contribution in [3.63, 3.8) is 0 Å². The monoisotopic (exact) mass is 393 g/mol. The predicted molar refractivity (Wildman–Crippen MR) is 83.7 cm³/mol. The Hall–Kier alpha value is -0.960. The molecule has 0 bridgehead atoms. The fourth-order valence-electron chi connectivity index (χ4n) is 1.51. The van der Waals surface area contributed by atoms with Crippen LogP contribution >= 0.6 is 27.3 Å². The van der Waals surface area contributed by atoms with Crippen LogP contribution in [-0.2, 0) is 10.0 Å². The highest BCUT2D eigenvalue weighted by molar-refractivity contribution is 9.11. The lowest BCUT2D eigenvalue weighted by Crippen LogP contribution is -2.25. The van der Waals surface area contributed by atoms with Crippen molar-refractivity contribution in [2.24, 2.45) is 0 Å². The molecular weight excluding hydrogens is 381 g/mol. The van der Waals surface area contributed by atoms with Crippen molar-refractivity contribution in [1.82, 2.24) is 4.72 Å². The van der Waals surface area contributed by atoms with Crippen LogP contribution in [0.2, 0.25) is 0 Å². The van der Waals surface area contributed by atoms with E-state index in [4.69, 9.17) is 4.74 Å². The van der Waals surface area contributed by atoms with E-state index in [2.05, 4.69) is 20.7 Å². The first-order valence-electron chi connectivity index (χ1n) is 6.11. The highest BCUT2D eigenvalue weighted by Gasteiger charge is 2.15. The predicted octanol–water partition coefficient (Wildman–Crippen LogP) is 3.40. The van der Waals surface area contributed by atoms with Crippen molar-refractivity contribution < 1.29 is 17.5 Å². The summed E-state index contributed by atoms with van der Waals surface area (Å²) in [6, 6.07) is 8.92. The first kappa shape index (κ1) is 16.4. The Kier molecular flexibility index (Phi) is 5.74. The van der Waals surface area contributed by atoms with Gasteiger partial charge < -0.3 is 4.74 Å². The molecule has 0 atom stereocenters. The van der Waals surface area contributed by atoms with E-state index in [1.54, 1.807) is 12.1 Å². The number of benzene rings is 1. The van der Waals surface area contributed by atoms with Gasteiger partial charge in [0.05, 0.1) is 10.4 Å². The number of hydrogen-bond donors (Lipinski definition) is 1. The largest absolute Gasteiger partial charge is 0.494 e. The molecule has 114 valence electrons. The summed E-state index contributed by atoms with van der Waals surface area (Å²) in [4.78, 5) is 0. The van der Waals surface area contributed by atoms with Crippen molar-refractivity contribution in [2.45, 2.75) is 10.6 Å². The van der Waals surface area contributed by atoms with Gasteiger partial charge in [0.25, 0.3) is 0 Å². The molecule has 0 aliphatic rings. The first-order valence-corrected chi connectivity index (χ1v) is 9.20. The van der Waals surface area contributed by atoms with Crippen LogP contribution in [0, 0.1) is 5.82 Å². The molecule has 0 aliphatic carbocycles. The third-order valence-corrected chi connectivity index (χ3v) is 6.09. The first-order chi connectivity index (χ1) is 9.97. The average Bonchev–Trinajstić information content (AvgIpc) is 2.88. The zero-order chi connectivity index (χ0) is 15.3.